The summed E-state index contributed by atoms with van der Waals surface area (Å²) in [6.45, 7) is 1.77. The summed E-state index contributed by atoms with van der Waals surface area (Å²) in [7, 11) is 0. The molecule has 2 heterocycles. The zero-order chi connectivity index (χ0) is 25.2. The molecule has 4 rings (SSSR count). The second-order valence-corrected chi connectivity index (χ2v) is 8.67. The Morgan fingerprint density at radius 1 is 1.09 bits per heavy atom. The van der Waals surface area contributed by atoms with Crippen molar-refractivity contribution in [2.24, 2.45) is 5.92 Å². The summed E-state index contributed by atoms with van der Waals surface area (Å²) in [6.07, 6.45) is -0.303. The van der Waals surface area contributed by atoms with Crippen LogP contribution in [0, 0.1) is 12.8 Å². The van der Waals surface area contributed by atoms with Gasteiger partial charge in [0, 0.05) is 37.1 Å². The van der Waals surface area contributed by atoms with Crippen molar-refractivity contribution < 1.29 is 27.5 Å². The summed E-state index contributed by atoms with van der Waals surface area (Å²) in [4.78, 5) is 36.6. The predicted molar refractivity (Wildman–Crippen MR) is 121 cm³/mol. The topological polar surface area (TPSA) is 94.1 Å². The molecule has 3 aromatic rings. The number of anilines is 1. The molecule has 11 heteroatoms. The number of amides is 1. The number of pyridine rings is 1. The third-order valence-corrected chi connectivity index (χ3v) is 5.70. The van der Waals surface area contributed by atoms with Crippen molar-refractivity contribution >= 4 is 29.1 Å². The zero-order valence-electron chi connectivity index (χ0n) is 18.5. The second kappa shape index (κ2) is 9.99. The third-order valence-electron chi connectivity index (χ3n) is 5.37. The molecule has 0 radical (unpaired) electrons. The summed E-state index contributed by atoms with van der Waals surface area (Å²) < 4.78 is 44.8. The summed E-state index contributed by atoms with van der Waals surface area (Å²) in [5.41, 5.74) is 0.591. The Labute approximate surface area is 203 Å². The highest BCUT2D eigenvalue weighted by atomic mass is 35.5. The Kier molecular flexibility index (Phi) is 7.02. The van der Waals surface area contributed by atoms with E-state index in [1.165, 1.54) is 24.7 Å². The van der Waals surface area contributed by atoms with Gasteiger partial charge in [0.1, 0.15) is 17.9 Å². The number of nitrogens with zero attached hydrogens (tertiary/aromatic N) is 3. The van der Waals surface area contributed by atoms with Gasteiger partial charge < -0.3 is 10.1 Å². The van der Waals surface area contributed by atoms with E-state index in [9.17, 15) is 22.8 Å². The number of hydrogen-bond donors (Lipinski definition) is 1. The first-order chi connectivity index (χ1) is 16.6. The Morgan fingerprint density at radius 3 is 2.51 bits per heavy atom. The van der Waals surface area contributed by atoms with Crippen molar-refractivity contribution in [3.8, 4) is 11.8 Å². The fourth-order valence-corrected chi connectivity index (χ4v) is 3.57. The molecule has 1 fully saturated rings. The summed E-state index contributed by atoms with van der Waals surface area (Å²) in [5, 5.41) is 2.30. The van der Waals surface area contributed by atoms with Gasteiger partial charge in [-0.1, -0.05) is 17.7 Å². The highest BCUT2D eigenvalue weighted by Crippen LogP contribution is 2.35. The first-order valence-corrected chi connectivity index (χ1v) is 11.1. The number of Topliss-reactive ketones (excluding diaryl/α,β-unsaturated/α-hetero) is 1. The Morgan fingerprint density at radius 2 is 1.83 bits per heavy atom. The number of alkyl halides is 3. The third kappa shape index (κ3) is 6.54. The maximum absolute atomic E-state index is 13.1. The van der Waals surface area contributed by atoms with Gasteiger partial charge in [-0.25, -0.2) is 15.0 Å². The number of nitrogens with one attached hydrogen (secondary N) is 1. The number of carbonyl (C=O) groups excluding carboxylic acids is 2. The van der Waals surface area contributed by atoms with Crippen LogP contribution in [0.5, 0.6) is 11.8 Å². The maximum atomic E-state index is 13.1. The van der Waals surface area contributed by atoms with Crippen LogP contribution in [0.4, 0.5) is 19.0 Å². The molecule has 1 saturated carbocycles. The van der Waals surface area contributed by atoms with Crippen LogP contribution in [0.15, 0.2) is 42.9 Å². The monoisotopic (exact) mass is 504 g/mol. The van der Waals surface area contributed by atoms with E-state index in [1.807, 2.05) is 0 Å². The maximum Gasteiger partial charge on any atom is 0.417 e. The largest absolute Gasteiger partial charge is 0.421 e. The van der Waals surface area contributed by atoms with Crippen molar-refractivity contribution in [2.45, 2.75) is 38.8 Å². The molecule has 7 nitrogen and oxygen atoms in total. The minimum Gasteiger partial charge on any atom is -0.421 e. The molecule has 0 atom stereocenters. The molecule has 0 spiro atoms. The van der Waals surface area contributed by atoms with Crippen LogP contribution in [0.2, 0.25) is 5.02 Å². The van der Waals surface area contributed by atoms with Crippen LogP contribution in [-0.2, 0) is 28.6 Å². The van der Waals surface area contributed by atoms with Crippen molar-refractivity contribution in [1.29, 1.82) is 0 Å². The van der Waals surface area contributed by atoms with E-state index in [0.29, 0.717) is 16.9 Å². The van der Waals surface area contributed by atoms with E-state index in [0.717, 1.165) is 25.0 Å². The molecule has 0 bridgehead atoms. The molecule has 1 aliphatic carbocycles. The molecular formula is C24H20ClF3N4O3. The molecule has 1 aromatic carbocycles. The Bertz CT molecular complexity index is 1280. The molecule has 0 aliphatic heterocycles. The van der Waals surface area contributed by atoms with Crippen molar-refractivity contribution in [3.63, 3.8) is 0 Å². The summed E-state index contributed by atoms with van der Waals surface area (Å²) in [6, 6.07) is 6.54. The lowest BCUT2D eigenvalue weighted by Gasteiger charge is -2.11. The van der Waals surface area contributed by atoms with Crippen molar-refractivity contribution in [1.82, 2.24) is 15.0 Å². The number of hydrogen-bond acceptors (Lipinski definition) is 6. The van der Waals surface area contributed by atoms with E-state index in [1.54, 1.807) is 13.0 Å². The molecule has 0 saturated heterocycles. The van der Waals surface area contributed by atoms with Gasteiger partial charge in [-0.2, -0.15) is 13.2 Å². The summed E-state index contributed by atoms with van der Waals surface area (Å²) in [5.74, 6) is 0.396. The van der Waals surface area contributed by atoms with E-state index >= 15 is 0 Å². The number of aryl methyl sites for hydroxylation is 1. The molecule has 1 N–H and O–H groups in total. The quantitative estimate of drug-likeness (QED) is 0.444. The van der Waals surface area contributed by atoms with Crippen LogP contribution < -0.4 is 10.1 Å². The lowest BCUT2D eigenvalue weighted by Crippen LogP contribution is -2.14. The van der Waals surface area contributed by atoms with Gasteiger partial charge >= 0.3 is 6.18 Å². The number of aromatic nitrogens is 3. The van der Waals surface area contributed by atoms with Crippen LogP contribution in [0.1, 0.15) is 35.1 Å². The molecule has 182 valence electrons. The predicted octanol–water partition coefficient (Wildman–Crippen LogP) is 5.35. The fraction of sp³-hybridized carbons (Fsp3) is 0.292. The SMILES string of the molecule is Cc1cc(Oc2cc(NC(=O)C3CC3)ncn2)ncc1CC(=O)Cc1ccc(Cl)c(C(F)(F)F)c1. The van der Waals surface area contributed by atoms with E-state index in [2.05, 4.69) is 20.3 Å². The van der Waals surface area contributed by atoms with Gasteiger partial charge in [0.15, 0.2) is 0 Å². The van der Waals surface area contributed by atoms with Gasteiger partial charge in [0.05, 0.1) is 10.6 Å². The minimum absolute atomic E-state index is 0.00601. The van der Waals surface area contributed by atoms with Gasteiger partial charge in [-0.3, -0.25) is 9.59 Å². The smallest absolute Gasteiger partial charge is 0.417 e. The molecular weight excluding hydrogens is 485 g/mol. The lowest BCUT2D eigenvalue weighted by molar-refractivity contribution is -0.137. The number of carbonyl (C=O) groups is 2. The lowest BCUT2D eigenvalue weighted by atomic mass is 10.00. The van der Waals surface area contributed by atoms with E-state index in [-0.39, 0.29) is 47.8 Å². The number of ether oxygens (including phenoxy) is 1. The highest BCUT2D eigenvalue weighted by molar-refractivity contribution is 6.31. The molecule has 1 amide bonds. The van der Waals surface area contributed by atoms with Gasteiger partial charge in [0.25, 0.3) is 0 Å². The number of benzene rings is 1. The van der Waals surface area contributed by atoms with Gasteiger partial charge in [-0.15, -0.1) is 0 Å². The first-order valence-electron chi connectivity index (χ1n) is 10.7. The average molecular weight is 505 g/mol. The number of rotatable bonds is 8. The molecule has 2 aromatic heterocycles. The van der Waals surface area contributed by atoms with Gasteiger partial charge in [0.2, 0.25) is 17.7 Å². The van der Waals surface area contributed by atoms with E-state index in [4.69, 9.17) is 16.3 Å². The molecule has 1 aliphatic rings. The van der Waals surface area contributed by atoms with Crippen LogP contribution >= 0.6 is 11.6 Å². The number of ketones is 1. The highest BCUT2D eigenvalue weighted by Gasteiger charge is 2.33. The molecule has 0 unspecified atom stereocenters. The average Bonchev–Trinajstić information content (AvgIpc) is 3.62. The summed E-state index contributed by atoms with van der Waals surface area (Å²) >= 11 is 5.63. The molecule has 35 heavy (non-hydrogen) atoms. The van der Waals surface area contributed by atoms with Crippen molar-refractivity contribution in [3.05, 3.63) is 70.1 Å². The van der Waals surface area contributed by atoms with Crippen LogP contribution in [0.3, 0.4) is 0 Å². The number of halogens is 4. The standard InChI is InChI=1S/C24H20ClF3N4O3/c1-13-6-21(35-22-10-20(30-12-31-22)32-23(34)15-3-4-15)29-11-16(13)9-17(33)7-14-2-5-19(25)18(8-14)24(26,27)28/h2,5-6,8,10-12,15H,3-4,7,9H2,1H3,(H,30,31,32,34). The zero-order valence-corrected chi connectivity index (χ0v) is 19.3. The minimum atomic E-state index is -4.60. The Balaban J connectivity index is 1.39. The van der Waals surface area contributed by atoms with Crippen LogP contribution in [-0.4, -0.2) is 26.6 Å². The van der Waals surface area contributed by atoms with E-state index < -0.39 is 16.8 Å². The normalized spacial score (nSPS) is 13.4. The first kappa shape index (κ1) is 24.6. The fourth-order valence-electron chi connectivity index (χ4n) is 3.35. The Hall–Kier alpha value is -3.53. The second-order valence-electron chi connectivity index (χ2n) is 8.26. The van der Waals surface area contributed by atoms with Gasteiger partial charge in [-0.05, 0) is 48.6 Å². The van der Waals surface area contributed by atoms with Crippen LogP contribution in [0.25, 0.3) is 0 Å². The van der Waals surface area contributed by atoms with Crippen molar-refractivity contribution in [2.75, 3.05) is 5.32 Å².